The van der Waals surface area contributed by atoms with Crippen molar-refractivity contribution in [3.8, 4) is 17.2 Å². The first kappa shape index (κ1) is 25.7. The van der Waals surface area contributed by atoms with Gasteiger partial charge in [-0.3, -0.25) is 9.59 Å². The molecule has 0 bridgehead atoms. The van der Waals surface area contributed by atoms with Gasteiger partial charge in [0.2, 0.25) is 0 Å². The number of nitrogens with two attached hydrogens (primary N) is 1. The maximum Gasteiger partial charge on any atom is 0.312 e. The molecule has 4 aromatic rings. The van der Waals surface area contributed by atoms with Crippen molar-refractivity contribution in [2.24, 2.45) is 5.73 Å². The standard InChI is InChI=1S/C28H29FN4O4/c1-17(2)32(28(35)27(30)34)18(3)26(19-6-5-7-23(14-19)36-4)37-24-12-13-25-20(15-24)16-31-33(25)22-10-8-21(29)9-11-22/h5-18,26H,1-4H3,(H2,30,34)/t18-,26-/m0/s1. The van der Waals surface area contributed by atoms with E-state index in [-0.39, 0.29) is 11.9 Å². The monoisotopic (exact) mass is 504 g/mol. The highest BCUT2D eigenvalue weighted by atomic mass is 19.1. The Morgan fingerprint density at radius 2 is 1.73 bits per heavy atom. The van der Waals surface area contributed by atoms with Crippen LogP contribution in [-0.2, 0) is 9.59 Å². The van der Waals surface area contributed by atoms with Crippen molar-refractivity contribution in [3.05, 3.63) is 84.3 Å². The van der Waals surface area contributed by atoms with E-state index in [4.69, 9.17) is 15.2 Å². The number of benzene rings is 3. The van der Waals surface area contributed by atoms with Gasteiger partial charge in [-0.15, -0.1) is 0 Å². The maximum atomic E-state index is 13.4. The summed E-state index contributed by atoms with van der Waals surface area (Å²) in [6.45, 7) is 5.45. The van der Waals surface area contributed by atoms with Crippen molar-refractivity contribution in [1.29, 1.82) is 0 Å². The lowest BCUT2D eigenvalue weighted by molar-refractivity contribution is -0.148. The first-order valence-corrected chi connectivity index (χ1v) is 11.9. The van der Waals surface area contributed by atoms with Gasteiger partial charge in [0.25, 0.3) is 0 Å². The van der Waals surface area contributed by atoms with Crippen molar-refractivity contribution in [2.45, 2.75) is 39.0 Å². The number of rotatable bonds is 8. The zero-order valence-electron chi connectivity index (χ0n) is 21.1. The second-order valence-corrected chi connectivity index (χ2v) is 8.98. The van der Waals surface area contributed by atoms with E-state index in [0.717, 1.165) is 22.2 Å². The van der Waals surface area contributed by atoms with E-state index in [9.17, 15) is 14.0 Å². The quantitative estimate of drug-likeness (QED) is 0.359. The van der Waals surface area contributed by atoms with Gasteiger partial charge in [-0.05, 0) is 80.9 Å². The van der Waals surface area contributed by atoms with Crippen molar-refractivity contribution < 1.29 is 23.5 Å². The molecule has 0 aliphatic carbocycles. The molecule has 0 spiro atoms. The number of aromatic nitrogens is 2. The Bertz CT molecular complexity index is 1420. The molecule has 2 amide bonds. The summed E-state index contributed by atoms with van der Waals surface area (Å²) in [6, 6.07) is 18.1. The Labute approximate surface area is 214 Å². The zero-order chi connectivity index (χ0) is 26.7. The van der Waals surface area contributed by atoms with Gasteiger partial charge < -0.3 is 20.1 Å². The van der Waals surface area contributed by atoms with Gasteiger partial charge in [0.05, 0.1) is 30.6 Å². The zero-order valence-corrected chi connectivity index (χ0v) is 21.1. The van der Waals surface area contributed by atoms with Gasteiger partial charge in [-0.25, -0.2) is 9.07 Å². The minimum Gasteiger partial charge on any atom is -0.497 e. The number of amides is 2. The summed E-state index contributed by atoms with van der Waals surface area (Å²) < 4.78 is 26.9. The Balaban J connectivity index is 1.72. The van der Waals surface area contributed by atoms with Crippen LogP contribution in [0.4, 0.5) is 4.39 Å². The largest absolute Gasteiger partial charge is 0.497 e. The molecule has 0 aliphatic heterocycles. The van der Waals surface area contributed by atoms with Crippen LogP contribution in [0.3, 0.4) is 0 Å². The summed E-state index contributed by atoms with van der Waals surface area (Å²) in [7, 11) is 1.57. The molecule has 4 rings (SSSR count). The topological polar surface area (TPSA) is 99.7 Å². The van der Waals surface area contributed by atoms with Gasteiger partial charge in [-0.2, -0.15) is 5.10 Å². The van der Waals surface area contributed by atoms with E-state index in [1.165, 1.54) is 17.0 Å². The second-order valence-electron chi connectivity index (χ2n) is 8.98. The fraction of sp³-hybridized carbons (Fsp3) is 0.250. The Hall–Kier alpha value is -4.40. The summed E-state index contributed by atoms with van der Waals surface area (Å²) in [5, 5.41) is 5.26. The summed E-state index contributed by atoms with van der Waals surface area (Å²) in [4.78, 5) is 25.9. The number of hydrogen-bond acceptors (Lipinski definition) is 5. The van der Waals surface area contributed by atoms with Gasteiger partial charge >= 0.3 is 11.8 Å². The molecule has 0 radical (unpaired) electrons. The lowest BCUT2D eigenvalue weighted by Gasteiger charge is -2.37. The van der Waals surface area contributed by atoms with E-state index in [0.29, 0.717) is 11.5 Å². The average molecular weight is 505 g/mol. The predicted octanol–water partition coefficient (Wildman–Crippen LogP) is 4.40. The molecular weight excluding hydrogens is 475 g/mol. The highest BCUT2D eigenvalue weighted by Crippen LogP contribution is 2.32. The summed E-state index contributed by atoms with van der Waals surface area (Å²) in [5.74, 6) is -0.957. The molecule has 1 heterocycles. The lowest BCUT2D eigenvalue weighted by atomic mass is 10.00. The Kier molecular flexibility index (Phi) is 7.42. The van der Waals surface area contributed by atoms with Crippen LogP contribution < -0.4 is 15.2 Å². The van der Waals surface area contributed by atoms with Crippen LogP contribution in [0.1, 0.15) is 32.4 Å². The van der Waals surface area contributed by atoms with Crippen LogP contribution in [0.25, 0.3) is 16.6 Å². The number of halogens is 1. The molecule has 1 aromatic heterocycles. The van der Waals surface area contributed by atoms with Crippen LogP contribution in [0, 0.1) is 5.82 Å². The van der Waals surface area contributed by atoms with Gasteiger partial charge in [0.15, 0.2) is 0 Å². The molecule has 37 heavy (non-hydrogen) atoms. The fourth-order valence-electron chi connectivity index (χ4n) is 4.45. The van der Waals surface area contributed by atoms with Crippen molar-refractivity contribution in [1.82, 2.24) is 14.7 Å². The summed E-state index contributed by atoms with van der Waals surface area (Å²) in [6.07, 6.45) is 1.05. The molecule has 0 unspecified atom stereocenters. The van der Waals surface area contributed by atoms with Crippen molar-refractivity contribution >= 4 is 22.7 Å². The van der Waals surface area contributed by atoms with E-state index in [1.54, 1.807) is 36.2 Å². The number of ether oxygens (including phenoxy) is 2. The molecule has 0 fully saturated rings. The first-order chi connectivity index (χ1) is 17.7. The van der Waals surface area contributed by atoms with Crippen LogP contribution >= 0.6 is 0 Å². The second kappa shape index (κ2) is 10.7. The minimum absolute atomic E-state index is 0.303. The molecular formula is C28H29FN4O4. The Morgan fingerprint density at radius 1 is 1.00 bits per heavy atom. The molecule has 0 aliphatic rings. The predicted molar refractivity (Wildman–Crippen MR) is 138 cm³/mol. The summed E-state index contributed by atoms with van der Waals surface area (Å²) in [5.41, 5.74) is 7.65. The van der Waals surface area contributed by atoms with Gasteiger partial charge in [-0.1, -0.05) is 12.1 Å². The number of methoxy groups -OCH3 is 1. The normalized spacial score (nSPS) is 12.8. The third-order valence-electron chi connectivity index (χ3n) is 6.17. The SMILES string of the molecule is COc1cccc([C@@H](Oc2ccc3c(cnn3-c3ccc(F)cc3)c2)[C@H](C)N(C(=O)C(N)=O)C(C)C)c1. The number of nitrogens with zero attached hydrogens (tertiary/aromatic N) is 3. The van der Waals surface area contributed by atoms with E-state index >= 15 is 0 Å². The number of hydrogen-bond donors (Lipinski definition) is 1. The molecule has 192 valence electrons. The summed E-state index contributed by atoms with van der Waals surface area (Å²) >= 11 is 0. The third-order valence-corrected chi connectivity index (χ3v) is 6.17. The smallest absolute Gasteiger partial charge is 0.312 e. The van der Waals surface area contributed by atoms with Gasteiger partial charge in [0.1, 0.15) is 23.4 Å². The van der Waals surface area contributed by atoms with Gasteiger partial charge in [0, 0.05) is 11.4 Å². The van der Waals surface area contributed by atoms with Crippen LogP contribution in [0.2, 0.25) is 0 Å². The molecule has 0 saturated heterocycles. The van der Waals surface area contributed by atoms with Crippen LogP contribution in [0.15, 0.2) is 72.9 Å². The highest BCUT2D eigenvalue weighted by molar-refractivity contribution is 6.34. The number of primary amides is 1. The molecule has 3 aromatic carbocycles. The minimum atomic E-state index is -1.03. The molecule has 9 heteroatoms. The molecule has 8 nitrogen and oxygen atoms in total. The molecule has 2 N–H and O–H groups in total. The third kappa shape index (κ3) is 5.40. The average Bonchev–Trinajstić information content (AvgIpc) is 3.30. The van der Waals surface area contributed by atoms with E-state index < -0.39 is 24.0 Å². The van der Waals surface area contributed by atoms with Crippen molar-refractivity contribution in [2.75, 3.05) is 7.11 Å². The Morgan fingerprint density at radius 3 is 2.38 bits per heavy atom. The van der Waals surface area contributed by atoms with E-state index in [2.05, 4.69) is 5.10 Å². The fourth-order valence-corrected chi connectivity index (χ4v) is 4.45. The number of carbonyl (C=O) groups excluding carboxylic acids is 2. The van der Waals surface area contributed by atoms with E-state index in [1.807, 2.05) is 57.2 Å². The molecule has 0 saturated carbocycles. The maximum absolute atomic E-state index is 13.4. The van der Waals surface area contributed by atoms with Crippen LogP contribution in [0.5, 0.6) is 11.5 Å². The number of fused-ring (bicyclic) bond motifs is 1. The molecule has 2 atom stereocenters. The van der Waals surface area contributed by atoms with Crippen LogP contribution in [-0.4, -0.2) is 45.7 Å². The lowest BCUT2D eigenvalue weighted by Crippen LogP contribution is -2.51. The highest BCUT2D eigenvalue weighted by Gasteiger charge is 2.34. The number of carbonyl (C=O) groups is 2. The van der Waals surface area contributed by atoms with Crippen molar-refractivity contribution in [3.63, 3.8) is 0 Å². The first-order valence-electron chi connectivity index (χ1n) is 11.9.